The topological polar surface area (TPSA) is 9.23 Å². The number of hydrogen-bond acceptors (Lipinski definition) is 1. The van der Waals surface area contributed by atoms with Gasteiger partial charge in [0.05, 0.1) is 7.11 Å². The van der Waals surface area contributed by atoms with E-state index in [4.69, 9.17) is 4.74 Å². The molecule has 1 aromatic carbocycles. The first-order chi connectivity index (χ1) is 7.22. The lowest BCUT2D eigenvalue weighted by Gasteiger charge is -2.12. The van der Waals surface area contributed by atoms with Gasteiger partial charge in [-0.15, -0.1) is 0 Å². The lowest BCUT2D eigenvalue weighted by Crippen LogP contribution is -2.07. The maximum absolute atomic E-state index is 5.35. The summed E-state index contributed by atoms with van der Waals surface area (Å²) in [5, 5.41) is 0. The molecule has 1 nitrogen and oxygen atoms in total. The number of rotatable bonds is 4. The molecule has 1 aromatic rings. The van der Waals surface area contributed by atoms with Gasteiger partial charge in [-0.2, -0.15) is 0 Å². The first kappa shape index (κ1) is 11.0. The quantitative estimate of drug-likeness (QED) is 0.758. The Morgan fingerprint density at radius 1 is 1.47 bits per heavy atom. The Balaban J connectivity index is 2.03. The van der Waals surface area contributed by atoms with E-state index in [1.807, 2.05) is 12.1 Å². The molecule has 3 unspecified atom stereocenters. The molecule has 1 fully saturated rings. The van der Waals surface area contributed by atoms with Crippen molar-refractivity contribution >= 4 is 15.9 Å². The van der Waals surface area contributed by atoms with Crippen molar-refractivity contribution in [3.05, 3.63) is 29.8 Å². The van der Waals surface area contributed by atoms with Gasteiger partial charge in [-0.3, -0.25) is 0 Å². The summed E-state index contributed by atoms with van der Waals surface area (Å²) in [6, 6.07) is 8.28. The molecule has 0 saturated heterocycles. The summed E-state index contributed by atoms with van der Waals surface area (Å²) >= 11 is 3.79. The van der Waals surface area contributed by atoms with Crippen LogP contribution < -0.4 is 4.74 Å². The Hall–Kier alpha value is -0.500. The molecule has 0 heterocycles. The summed E-state index contributed by atoms with van der Waals surface area (Å²) in [5.41, 5.74) is 1.31. The summed E-state index contributed by atoms with van der Waals surface area (Å²) in [6.07, 6.45) is 2.43. The SMILES string of the molecule is COc1ccccc1CC(Br)C1CC1C. The smallest absolute Gasteiger partial charge is 0.122 e. The zero-order chi connectivity index (χ0) is 10.8. The maximum atomic E-state index is 5.35. The monoisotopic (exact) mass is 268 g/mol. The third kappa shape index (κ3) is 2.54. The Kier molecular flexibility index (Phi) is 3.35. The van der Waals surface area contributed by atoms with Crippen molar-refractivity contribution in [2.75, 3.05) is 7.11 Å². The number of hydrogen-bond donors (Lipinski definition) is 0. The lowest BCUT2D eigenvalue weighted by molar-refractivity contribution is 0.409. The van der Waals surface area contributed by atoms with Gasteiger partial charge in [0.2, 0.25) is 0 Å². The van der Waals surface area contributed by atoms with Crippen molar-refractivity contribution in [2.24, 2.45) is 11.8 Å². The highest BCUT2D eigenvalue weighted by Crippen LogP contribution is 2.45. The molecular formula is C13H17BrO. The van der Waals surface area contributed by atoms with E-state index >= 15 is 0 Å². The van der Waals surface area contributed by atoms with Gasteiger partial charge in [0, 0.05) is 4.83 Å². The number of para-hydroxylation sites is 1. The molecule has 1 aliphatic carbocycles. The standard InChI is InChI=1S/C13H17BrO/c1-9-7-11(9)12(14)8-10-5-3-4-6-13(10)15-2/h3-6,9,11-12H,7-8H2,1-2H3. The van der Waals surface area contributed by atoms with Gasteiger partial charge in [-0.25, -0.2) is 0 Å². The molecule has 2 heteroatoms. The van der Waals surface area contributed by atoms with Gasteiger partial charge in [0.1, 0.15) is 5.75 Å². The molecule has 15 heavy (non-hydrogen) atoms. The molecule has 0 radical (unpaired) electrons. The summed E-state index contributed by atoms with van der Waals surface area (Å²) in [6.45, 7) is 2.32. The molecule has 82 valence electrons. The van der Waals surface area contributed by atoms with Crippen molar-refractivity contribution in [3.63, 3.8) is 0 Å². The van der Waals surface area contributed by atoms with Crippen LogP contribution >= 0.6 is 15.9 Å². The van der Waals surface area contributed by atoms with E-state index in [-0.39, 0.29) is 0 Å². The van der Waals surface area contributed by atoms with Gasteiger partial charge in [-0.05, 0) is 36.3 Å². The highest BCUT2D eigenvalue weighted by atomic mass is 79.9. The van der Waals surface area contributed by atoms with Crippen LogP contribution in [-0.2, 0) is 6.42 Å². The first-order valence-corrected chi connectivity index (χ1v) is 6.40. The molecule has 0 aliphatic heterocycles. The number of benzene rings is 1. The predicted octanol–water partition coefficient (Wildman–Crippen LogP) is 3.66. The van der Waals surface area contributed by atoms with Crippen LogP contribution in [0.2, 0.25) is 0 Å². The van der Waals surface area contributed by atoms with E-state index in [2.05, 4.69) is 35.0 Å². The molecule has 0 aromatic heterocycles. The zero-order valence-corrected chi connectivity index (χ0v) is 10.8. The van der Waals surface area contributed by atoms with Crippen LogP contribution in [0.3, 0.4) is 0 Å². The Bertz CT molecular complexity index is 337. The highest BCUT2D eigenvalue weighted by molar-refractivity contribution is 9.09. The van der Waals surface area contributed by atoms with Crippen molar-refractivity contribution in [3.8, 4) is 5.75 Å². The number of halogens is 1. The molecule has 2 rings (SSSR count). The number of alkyl halides is 1. The van der Waals surface area contributed by atoms with Gasteiger partial charge in [-0.1, -0.05) is 41.1 Å². The van der Waals surface area contributed by atoms with E-state index in [1.165, 1.54) is 12.0 Å². The molecular weight excluding hydrogens is 252 g/mol. The molecule has 1 saturated carbocycles. The molecule has 0 N–H and O–H groups in total. The van der Waals surface area contributed by atoms with E-state index in [0.717, 1.165) is 24.0 Å². The Morgan fingerprint density at radius 2 is 2.13 bits per heavy atom. The van der Waals surface area contributed by atoms with Crippen molar-refractivity contribution in [1.82, 2.24) is 0 Å². The summed E-state index contributed by atoms with van der Waals surface area (Å²) in [4.78, 5) is 0.601. The molecule has 0 bridgehead atoms. The normalized spacial score (nSPS) is 26.1. The van der Waals surface area contributed by atoms with Crippen LogP contribution in [0.1, 0.15) is 18.9 Å². The second-order valence-electron chi connectivity index (χ2n) is 4.41. The third-order valence-electron chi connectivity index (χ3n) is 3.24. The van der Waals surface area contributed by atoms with Gasteiger partial charge in [0.25, 0.3) is 0 Å². The van der Waals surface area contributed by atoms with Crippen LogP contribution in [0.5, 0.6) is 5.75 Å². The first-order valence-electron chi connectivity index (χ1n) is 5.48. The van der Waals surface area contributed by atoms with Crippen molar-refractivity contribution in [2.45, 2.75) is 24.6 Å². The van der Waals surface area contributed by atoms with Crippen LogP contribution in [0, 0.1) is 11.8 Å². The minimum atomic E-state index is 0.601. The predicted molar refractivity (Wildman–Crippen MR) is 66.7 cm³/mol. The number of methoxy groups -OCH3 is 1. The second kappa shape index (κ2) is 4.56. The fourth-order valence-electron chi connectivity index (χ4n) is 2.09. The minimum absolute atomic E-state index is 0.601. The average molecular weight is 269 g/mol. The molecule has 3 atom stereocenters. The van der Waals surface area contributed by atoms with Gasteiger partial charge >= 0.3 is 0 Å². The van der Waals surface area contributed by atoms with E-state index in [1.54, 1.807) is 7.11 Å². The minimum Gasteiger partial charge on any atom is -0.496 e. The second-order valence-corrected chi connectivity index (χ2v) is 5.58. The van der Waals surface area contributed by atoms with Crippen LogP contribution in [0.15, 0.2) is 24.3 Å². The average Bonchev–Trinajstić information content (AvgIpc) is 2.96. The van der Waals surface area contributed by atoms with E-state index < -0.39 is 0 Å². The van der Waals surface area contributed by atoms with Gasteiger partial charge < -0.3 is 4.74 Å². The van der Waals surface area contributed by atoms with Crippen molar-refractivity contribution < 1.29 is 4.74 Å². The van der Waals surface area contributed by atoms with E-state index in [0.29, 0.717) is 4.83 Å². The van der Waals surface area contributed by atoms with E-state index in [9.17, 15) is 0 Å². The fraction of sp³-hybridized carbons (Fsp3) is 0.538. The summed E-state index contributed by atoms with van der Waals surface area (Å²) in [5.74, 6) is 2.76. The van der Waals surface area contributed by atoms with Gasteiger partial charge in [0.15, 0.2) is 0 Å². The molecule has 0 spiro atoms. The summed E-state index contributed by atoms with van der Waals surface area (Å²) in [7, 11) is 1.74. The Labute approximate surface area is 100.0 Å². The lowest BCUT2D eigenvalue weighted by atomic mass is 10.1. The summed E-state index contributed by atoms with van der Waals surface area (Å²) < 4.78 is 5.35. The van der Waals surface area contributed by atoms with Crippen LogP contribution in [0.25, 0.3) is 0 Å². The molecule has 1 aliphatic rings. The van der Waals surface area contributed by atoms with Crippen LogP contribution in [0.4, 0.5) is 0 Å². The third-order valence-corrected chi connectivity index (χ3v) is 4.25. The fourth-order valence-corrected chi connectivity index (χ4v) is 3.17. The Morgan fingerprint density at radius 3 is 2.73 bits per heavy atom. The molecule has 0 amide bonds. The zero-order valence-electron chi connectivity index (χ0n) is 9.24. The van der Waals surface area contributed by atoms with Crippen molar-refractivity contribution in [1.29, 1.82) is 0 Å². The largest absolute Gasteiger partial charge is 0.496 e. The number of ether oxygens (including phenoxy) is 1. The maximum Gasteiger partial charge on any atom is 0.122 e. The van der Waals surface area contributed by atoms with Crippen LogP contribution in [-0.4, -0.2) is 11.9 Å². The highest BCUT2D eigenvalue weighted by Gasteiger charge is 2.38.